The van der Waals surface area contributed by atoms with Crippen LogP contribution in [-0.2, 0) is 6.42 Å². The van der Waals surface area contributed by atoms with Crippen LogP contribution in [0.25, 0.3) is 11.3 Å². The van der Waals surface area contributed by atoms with E-state index in [9.17, 15) is 4.39 Å². The lowest BCUT2D eigenvalue weighted by molar-refractivity contribution is 0.617. The van der Waals surface area contributed by atoms with Gasteiger partial charge in [0.15, 0.2) is 5.82 Å². The molecule has 106 valence electrons. The van der Waals surface area contributed by atoms with Gasteiger partial charge in [0.2, 0.25) is 5.28 Å². The molecule has 0 bridgehead atoms. The van der Waals surface area contributed by atoms with Gasteiger partial charge in [-0.15, -0.1) is 0 Å². The molecule has 1 aromatic carbocycles. The van der Waals surface area contributed by atoms with Crippen molar-refractivity contribution >= 4 is 11.6 Å². The number of unbranched alkanes of at least 4 members (excludes halogenated alkanes) is 2. The summed E-state index contributed by atoms with van der Waals surface area (Å²) in [6, 6.07) is 5.98. The summed E-state index contributed by atoms with van der Waals surface area (Å²) in [6.07, 6.45) is 5.47. The number of rotatable bonds is 5. The molecule has 4 heteroatoms. The van der Waals surface area contributed by atoms with E-state index >= 15 is 0 Å². The minimum atomic E-state index is -0.435. The number of benzene rings is 1. The number of aromatic nitrogens is 2. The molecule has 0 unspecified atom stereocenters. The molecule has 0 radical (unpaired) electrons. The lowest BCUT2D eigenvalue weighted by Crippen LogP contribution is -1.98. The molecule has 0 aliphatic carbocycles. The molecule has 0 spiro atoms. The number of hydrogen-bond acceptors (Lipinski definition) is 2. The second kappa shape index (κ2) is 6.80. The topological polar surface area (TPSA) is 25.8 Å². The number of halogens is 2. The molecular formula is C16H18ClFN2. The van der Waals surface area contributed by atoms with Gasteiger partial charge in [-0.2, -0.15) is 0 Å². The largest absolute Gasteiger partial charge is 0.223 e. The molecule has 0 atom stereocenters. The van der Waals surface area contributed by atoms with Gasteiger partial charge in [0, 0.05) is 5.56 Å². The molecule has 1 aromatic heterocycles. The Morgan fingerprint density at radius 2 is 2.05 bits per heavy atom. The van der Waals surface area contributed by atoms with Gasteiger partial charge in [0.05, 0.1) is 6.20 Å². The van der Waals surface area contributed by atoms with Crippen molar-refractivity contribution in [3.8, 4) is 11.3 Å². The van der Waals surface area contributed by atoms with Crippen molar-refractivity contribution in [1.29, 1.82) is 0 Å². The minimum absolute atomic E-state index is 0.0708. The Balaban J connectivity index is 2.41. The van der Waals surface area contributed by atoms with Crippen LogP contribution in [0.5, 0.6) is 0 Å². The van der Waals surface area contributed by atoms with E-state index in [0.717, 1.165) is 36.6 Å². The molecule has 0 N–H and O–H groups in total. The van der Waals surface area contributed by atoms with Crippen molar-refractivity contribution in [2.75, 3.05) is 0 Å². The van der Waals surface area contributed by atoms with Crippen molar-refractivity contribution in [2.45, 2.75) is 39.5 Å². The van der Waals surface area contributed by atoms with Gasteiger partial charge in [0.1, 0.15) is 5.69 Å². The average molecular weight is 293 g/mol. The Kier molecular flexibility index (Phi) is 5.07. The number of aryl methyl sites for hydroxylation is 2. The SMILES string of the molecule is CCCCCc1cc(C)ccc1-c1nc(Cl)ncc1F. The van der Waals surface area contributed by atoms with Crippen LogP contribution in [0.2, 0.25) is 5.28 Å². The summed E-state index contributed by atoms with van der Waals surface area (Å²) < 4.78 is 13.9. The Morgan fingerprint density at radius 1 is 1.25 bits per heavy atom. The number of nitrogens with zero attached hydrogens (tertiary/aromatic N) is 2. The Hall–Kier alpha value is -1.48. The Labute approximate surface area is 124 Å². The van der Waals surface area contributed by atoms with Crippen molar-refractivity contribution in [3.63, 3.8) is 0 Å². The predicted molar refractivity (Wildman–Crippen MR) is 80.4 cm³/mol. The van der Waals surface area contributed by atoms with Gasteiger partial charge < -0.3 is 0 Å². The lowest BCUT2D eigenvalue weighted by atomic mass is 9.97. The van der Waals surface area contributed by atoms with Crippen LogP contribution in [0.3, 0.4) is 0 Å². The first kappa shape index (κ1) is 14.9. The summed E-state index contributed by atoms with van der Waals surface area (Å²) >= 11 is 5.79. The normalized spacial score (nSPS) is 10.8. The molecule has 0 aliphatic rings. The van der Waals surface area contributed by atoms with Gasteiger partial charge in [-0.1, -0.05) is 43.5 Å². The first-order valence-corrected chi connectivity index (χ1v) is 7.27. The molecular weight excluding hydrogens is 275 g/mol. The summed E-state index contributed by atoms with van der Waals surface area (Å²) in [4.78, 5) is 7.71. The number of hydrogen-bond donors (Lipinski definition) is 0. The molecule has 20 heavy (non-hydrogen) atoms. The van der Waals surface area contributed by atoms with Crippen molar-refractivity contribution < 1.29 is 4.39 Å². The van der Waals surface area contributed by atoms with Crippen molar-refractivity contribution in [1.82, 2.24) is 9.97 Å². The van der Waals surface area contributed by atoms with Crippen molar-refractivity contribution in [2.24, 2.45) is 0 Å². The average Bonchev–Trinajstić information content (AvgIpc) is 2.42. The summed E-state index contributed by atoms with van der Waals surface area (Å²) in [7, 11) is 0. The zero-order valence-corrected chi connectivity index (χ0v) is 12.5. The molecule has 0 saturated heterocycles. The molecule has 0 saturated carbocycles. The van der Waals surface area contributed by atoms with Crippen LogP contribution in [0.15, 0.2) is 24.4 Å². The van der Waals surface area contributed by atoms with E-state index in [4.69, 9.17) is 11.6 Å². The third-order valence-electron chi connectivity index (χ3n) is 3.28. The Bertz CT molecular complexity index is 599. The van der Waals surface area contributed by atoms with E-state index < -0.39 is 5.82 Å². The first-order chi connectivity index (χ1) is 9.61. The summed E-state index contributed by atoms with van der Waals surface area (Å²) in [6.45, 7) is 4.21. The van der Waals surface area contributed by atoms with E-state index in [1.807, 2.05) is 19.1 Å². The molecule has 2 rings (SSSR count). The monoisotopic (exact) mass is 292 g/mol. The fourth-order valence-corrected chi connectivity index (χ4v) is 2.39. The van der Waals surface area contributed by atoms with Crippen LogP contribution in [0.4, 0.5) is 4.39 Å². The van der Waals surface area contributed by atoms with Crippen LogP contribution in [0.1, 0.15) is 37.3 Å². The zero-order chi connectivity index (χ0) is 14.5. The van der Waals surface area contributed by atoms with Gasteiger partial charge in [0.25, 0.3) is 0 Å². The summed E-state index contributed by atoms with van der Waals surface area (Å²) in [5.74, 6) is -0.435. The van der Waals surface area contributed by atoms with E-state index in [1.165, 1.54) is 12.0 Å². The summed E-state index contributed by atoms with van der Waals surface area (Å²) in [5.41, 5.74) is 3.39. The predicted octanol–water partition coefficient (Wildman–Crippen LogP) is 4.98. The smallest absolute Gasteiger partial charge is 0.223 e. The lowest BCUT2D eigenvalue weighted by Gasteiger charge is -2.11. The molecule has 1 heterocycles. The summed E-state index contributed by atoms with van der Waals surface area (Å²) in [5, 5.41) is 0.0708. The zero-order valence-electron chi connectivity index (χ0n) is 11.8. The highest BCUT2D eigenvalue weighted by Crippen LogP contribution is 2.27. The molecule has 2 nitrogen and oxygen atoms in total. The maximum atomic E-state index is 13.9. The van der Waals surface area contributed by atoms with Gasteiger partial charge >= 0.3 is 0 Å². The van der Waals surface area contributed by atoms with Gasteiger partial charge in [-0.05, 0) is 36.9 Å². The van der Waals surface area contributed by atoms with Gasteiger partial charge in [-0.3, -0.25) is 0 Å². The highest BCUT2D eigenvalue weighted by Gasteiger charge is 2.13. The van der Waals surface area contributed by atoms with E-state index in [0.29, 0.717) is 0 Å². The third-order valence-corrected chi connectivity index (χ3v) is 3.46. The van der Waals surface area contributed by atoms with E-state index in [-0.39, 0.29) is 11.0 Å². The molecule has 0 fully saturated rings. The maximum Gasteiger partial charge on any atom is 0.223 e. The molecule has 0 amide bonds. The second-order valence-corrected chi connectivity index (χ2v) is 5.29. The minimum Gasteiger partial charge on any atom is -0.223 e. The van der Waals surface area contributed by atoms with Crippen LogP contribution in [-0.4, -0.2) is 9.97 Å². The van der Waals surface area contributed by atoms with E-state index in [1.54, 1.807) is 0 Å². The maximum absolute atomic E-state index is 13.9. The van der Waals surface area contributed by atoms with E-state index in [2.05, 4.69) is 23.0 Å². The molecule has 2 aromatic rings. The molecule has 0 aliphatic heterocycles. The second-order valence-electron chi connectivity index (χ2n) is 4.95. The Morgan fingerprint density at radius 3 is 2.80 bits per heavy atom. The van der Waals surface area contributed by atoms with Crippen LogP contribution < -0.4 is 0 Å². The van der Waals surface area contributed by atoms with Gasteiger partial charge in [-0.25, -0.2) is 14.4 Å². The third kappa shape index (κ3) is 3.54. The quantitative estimate of drug-likeness (QED) is 0.574. The van der Waals surface area contributed by atoms with Crippen LogP contribution >= 0.6 is 11.6 Å². The fraction of sp³-hybridized carbons (Fsp3) is 0.375. The highest BCUT2D eigenvalue weighted by atomic mass is 35.5. The standard InChI is InChI=1S/C16H18ClFN2/c1-3-4-5-6-12-9-11(2)7-8-13(12)15-14(18)10-19-16(17)20-15/h7-10H,3-6H2,1-2H3. The van der Waals surface area contributed by atoms with Crippen LogP contribution in [0, 0.1) is 12.7 Å². The first-order valence-electron chi connectivity index (χ1n) is 6.89. The van der Waals surface area contributed by atoms with Crippen molar-refractivity contribution in [3.05, 3.63) is 46.6 Å². The highest BCUT2D eigenvalue weighted by molar-refractivity contribution is 6.28. The fourth-order valence-electron chi connectivity index (χ4n) is 2.26.